The molecule has 0 radical (unpaired) electrons. The Balaban J connectivity index is 0. The molecule has 0 fully saturated rings. The minimum Gasteiger partial charge on any atom is -0.330 e. The summed E-state index contributed by atoms with van der Waals surface area (Å²) in [5.74, 6) is 0.262. The molecule has 0 aromatic carbocycles. The van der Waals surface area contributed by atoms with Crippen LogP contribution in [0, 0.1) is 0 Å². The van der Waals surface area contributed by atoms with Crippen LogP contribution in [0.15, 0.2) is 0 Å². The fraction of sp³-hybridized carbons (Fsp3) is 0.833. The molecule has 0 aromatic rings. The lowest BCUT2D eigenvalue weighted by Crippen LogP contribution is -1.99. The van der Waals surface area contributed by atoms with Crippen molar-refractivity contribution >= 4 is 5.78 Å². The Morgan fingerprint density at radius 1 is 1.62 bits per heavy atom. The Morgan fingerprint density at radius 3 is 2.62 bits per heavy atom. The van der Waals surface area contributed by atoms with Crippen molar-refractivity contribution in [1.82, 2.24) is 0 Å². The van der Waals surface area contributed by atoms with Gasteiger partial charge in [0.25, 0.3) is 0 Å². The number of unbranched alkanes of at least 4 members (excludes halogenated alkanes) is 1. The number of hydrogen-bond acceptors (Lipinski definition) is 2. The maximum absolute atomic E-state index is 10.3. The van der Waals surface area contributed by atoms with E-state index < -0.39 is 0 Å². The molecule has 2 nitrogen and oxygen atoms in total. The third-order valence-corrected chi connectivity index (χ3v) is 0.983. The Bertz CT molecular complexity index is 75.5. The number of carbonyl (C=O) groups excluding carboxylic acids is 1. The summed E-state index contributed by atoms with van der Waals surface area (Å²) < 4.78 is 0. The van der Waals surface area contributed by atoms with Crippen LogP contribution in [0.4, 0.5) is 0 Å². The monoisotopic (exact) mass is 117 g/mol. The quantitative estimate of drug-likeness (QED) is 0.557. The molecule has 0 saturated heterocycles. The van der Waals surface area contributed by atoms with Gasteiger partial charge in [-0.15, -0.1) is 0 Å². The highest BCUT2D eigenvalue weighted by molar-refractivity contribution is 5.75. The second-order valence-corrected chi connectivity index (χ2v) is 1.95. The molecule has 0 aliphatic rings. The van der Waals surface area contributed by atoms with Crippen LogP contribution in [-0.2, 0) is 4.79 Å². The summed E-state index contributed by atoms with van der Waals surface area (Å²) in [6.45, 7) is 2.31. The van der Waals surface area contributed by atoms with E-state index >= 15 is 0 Å². The number of rotatable bonds is 4. The Labute approximate surface area is 51.6 Å². The fourth-order valence-corrected chi connectivity index (χ4v) is 0.518. The third-order valence-electron chi connectivity index (χ3n) is 0.983. The number of Topliss-reactive ketones (excluding diaryl/α,β-unsaturated/α-hetero) is 1. The first-order valence-corrected chi connectivity index (χ1v) is 2.97. The summed E-state index contributed by atoms with van der Waals surface area (Å²) >= 11 is 0. The molecule has 0 saturated carbocycles. The van der Waals surface area contributed by atoms with Gasteiger partial charge >= 0.3 is 0 Å². The van der Waals surface area contributed by atoms with E-state index in [9.17, 15) is 4.79 Å². The van der Waals surface area contributed by atoms with Gasteiger partial charge < -0.3 is 10.5 Å². The Morgan fingerprint density at radius 2 is 2.25 bits per heavy atom. The summed E-state index contributed by atoms with van der Waals surface area (Å²) in [6.07, 6.45) is 2.61. The Hall–Kier alpha value is -0.370. The third kappa shape index (κ3) is 5.63. The molecule has 0 spiro atoms. The average molecular weight is 117 g/mol. The molecule has 0 aliphatic carbocycles. The van der Waals surface area contributed by atoms with Crippen molar-refractivity contribution < 1.29 is 6.22 Å². The molecule has 0 amide bonds. The molecule has 0 atom stereocenters. The molecule has 0 unspecified atom stereocenters. The summed E-state index contributed by atoms with van der Waals surface area (Å²) in [4.78, 5) is 10.3. The van der Waals surface area contributed by atoms with E-state index in [1.165, 1.54) is 0 Å². The van der Waals surface area contributed by atoms with E-state index in [2.05, 4.69) is 0 Å². The second kappa shape index (κ2) is 4.78. The SMILES string of the molecule is CC(=O)CCCCN.[HH]. The van der Waals surface area contributed by atoms with Gasteiger partial charge in [-0.25, -0.2) is 0 Å². The lowest BCUT2D eigenvalue weighted by molar-refractivity contribution is -0.117. The van der Waals surface area contributed by atoms with Crippen LogP contribution in [0.1, 0.15) is 27.6 Å². The first kappa shape index (κ1) is 7.63. The highest BCUT2D eigenvalue weighted by Gasteiger charge is 1.89. The van der Waals surface area contributed by atoms with Gasteiger partial charge in [-0.3, -0.25) is 0 Å². The van der Waals surface area contributed by atoms with Crippen LogP contribution < -0.4 is 5.73 Å². The molecule has 0 heterocycles. The molecule has 50 valence electrons. The standard InChI is InChI=1S/C6H13NO.H2/c1-6(8)4-2-3-5-7;/h2-5,7H2,1H3;1H. The molecular formula is C6H15NO. The molecular weight excluding hydrogens is 102 g/mol. The smallest absolute Gasteiger partial charge is 0.129 e. The maximum atomic E-state index is 10.3. The van der Waals surface area contributed by atoms with Crippen molar-refractivity contribution in [1.29, 1.82) is 0 Å². The van der Waals surface area contributed by atoms with Gasteiger partial charge in [0.05, 0.1) is 0 Å². The van der Waals surface area contributed by atoms with Crippen LogP contribution in [0.25, 0.3) is 0 Å². The summed E-state index contributed by atoms with van der Waals surface area (Å²) in [5.41, 5.74) is 5.20. The zero-order valence-corrected chi connectivity index (χ0v) is 5.31. The zero-order valence-electron chi connectivity index (χ0n) is 5.31. The summed E-state index contributed by atoms with van der Waals surface area (Å²) in [5, 5.41) is 0. The molecule has 0 aromatic heterocycles. The van der Waals surface area contributed by atoms with E-state index in [0.29, 0.717) is 13.0 Å². The van der Waals surface area contributed by atoms with E-state index in [-0.39, 0.29) is 7.21 Å². The van der Waals surface area contributed by atoms with E-state index in [4.69, 9.17) is 5.73 Å². The number of nitrogens with two attached hydrogens (primary N) is 1. The minimum atomic E-state index is 0. The van der Waals surface area contributed by atoms with Gasteiger partial charge in [0.2, 0.25) is 0 Å². The fourth-order valence-electron chi connectivity index (χ4n) is 0.518. The highest BCUT2D eigenvalue weighted by atomic mass is 16.1. The minimum absolute atomic E-state index is 0. The zero-order chi connectivity index (χ0) is 6.41. The van der Waals surface area contributed by atoms with Crippen LogP contribution in [0.5, 0.6) is 0 Å². The molecule has 2 N–H and O–H groups in total. The first-order valence-electron chi connectivity index (χ1n) is 2.97. The van der Waals surface area contributed by atoms with Gasteiger partial charge in [-0.2, -0.15) is 0 Å². The molecule has 0 rings (SSSR count). The molecule has 8 heavy (non-hydrogen) atoms. The van der Waals surface area contributed by atoms with E-state index in [0.717, 1.165) is 12.8 Å². The first-order chi connectivity index (χ1) is 3.77. The molecule has 0 aliphatic heterocycles. The lowest BCUT2D eigenvalue weighted by Gasteiger charge is -1.90. The highest BCUT2D eigenvalue weighted by Crippen LogP contribution is 1.92. The maximum Gasteiger partial charge on any atom is 0.129 e. The van der Waals surface area contributed by atoms with Gasteiger partial charge in [-0.1, -0.05) is 0 Å². The van der Waals surface area contributed by atoms with Gasteiger partial charge in [0, 0.05) is 7.85 Å². The van der Waals surface area contributed by atoms with Crippen molar-refractivity contribution in [3.8, 4) is 0 Å². The van der Waals surface area contributed by atoms with Crippen LogP contribution in [0.2, 0.25) is 0 Å². The topological polar surface area (TPSA) is 43.1 Å². The van der Waals surface area contributed by atoms with Gasteiger partial charge in [-0.05, 0) is 26.3 Å². The van der Waals surface area contributed by atoms with Gasteiger partial charge in [0.1, 0.15) is 5.78 Å². The largest absolute Gasteiger partial charge is 0.330 e. The van der Waals surface area contributed by atoms with Crippen molar-refractivity contribution in [3.05, 3.63) is 0 Å². The normalized spacial score (nSPS) is 9.25. The Kier molecular flexibility index (Phi) is 4.56. The average Bonchev–Trinajstić information content (AvgIpc) is 1.66. The van der Waals surface area contributed by atoms with E-state index in [1.54, 1.807) is 6.92 Å². The van der Waals surface area contributed by atoms with Crippen molar-refractivity contribution in [2.75, 3.05) is 6.54 Å². The van der Waals surface area contributed by atoms with Crippen LogP contribution in [-0.4, -0.2) is 12.3 Å². The van der Waals surface area contributed by atoms with E-state index in [1.807, 2.05) is 0 Å². The number of ketones is 1. The number of carbonyl (C=O) groups is 1. The van der Waals surface area contributed by atoms with Crippen molar-refractivity contribution in [2.24, 2.45) is 5.73 Å². The van der Waals surface area contributed by atoms with Crippen molar-refractivity contribution in [3.63, 3.8) is 0 Å². The van der Waals surface area contributed by atoms with Crippen molar-refractivity contribution in [2.45, 2.75) is 26.2 Å². The summed E-state index contributed by atoms with van der Waals surface area (Å²) in [6, 6.07) is 0. The second-order valence-electron chi connectivity index (χ2n) is 1.95. The molecule has 0 bridgehead atoms. The predicted octanol–water partition coefficient (Wildman–Crippen LogP) is 0.950. The lowest BCUT2D eigenvalue weighted by atomic mass is 10.2. The summed E-state index contributed by atoms with van der Waals surface area (Å²) in [7, 11) is 0. The van der Waals surface area contributed by atoms with Crippen LogP contribution >= 0.6 is 0 Å². The predicted molar refractivity (Wildman–Crippen MR) is 35.7 cm³/mol. The van der Waals surface area contributed by atoms with Gasteiger partial charge in [0.15, 0.2) is 0 Å². The molecule has 2 heteroatoms. The van der Waals surface area contributed by atoms with Crippen LogP contribution in [0.3, 0.4) is 0 Å². The number of hydrogen-bond donors (Lipinski definition) is 1.